The summed E-state index contributed by atoms with van der Waals surface area (Å²) < 4.78 is 5.48. The summed E-state index contributed by atoms with van der Waals surface area (Å²) in [4.78, 5) is 7.35. The first kappa shape index (κ1) is 20.2. The van der Waals surface area contributed by atoms with Crippen LogP contribution >= 0.6 is 0 Å². The third-order valence-electron chi connectivity index (χ3n) is 6.22. The molecule has 2 saturated heterocycles. The highest BCUT2D eigenvalue weighted by molar-refractivity contribution is 5.80. The summed E-state index contributed by atoms with van der Waals surface area (Å²) in [6, 6.07) is 10.9. The topological polar surface area (TPSA) is 57.1 Å². The van der Waals surface area contributed by atoms with Crippen LogP contribution < -0.4 is 5.32 Å². The normalized spacial score (nSPS) is 26.0. The van der Waals surface area contributed by atoms with E-state index in [9.17, 15) is 5.11 Å². The lowest BCUT2D eigenvalue weighted by molar-refractivity contribution is -0.0107. The molecule has 27 heavy (non-hydrogen) atoms. The molecule has 0 amide bonds. The van der Waals surface area contributed by atoms with Crippen molar-refractivity contribution in [1.82, 2.24) is 10.2 Å². The fraction of sp³-hybridized carbons (Fsp3) is 0.682. The zero-order chi connectivity index (χ0) is 19.1. The van der Waals surface area contributed by atoms with Crippen LogP contribution in [0, 0.1) is 11.3 Å². The Morgan fingerprint density at radius 2 is 2.04 bits per heavy atom. The lowest BCUT2D eigenvalue weighted by atomic mass is 9.81. The zero-order valence-corrected chi connectivity index (χ0v) is 16.9. The van der Waals surface area contributed by atoms with E-state index in [1.807, 2.05) is 0 Å². The van der Waals surface area contributed by atoms with Crippen molar-refractivity contribution in [2.45, 2.75) is 39.0 Å². The summed E-state index contributed by atoms with van der Waals surface area (Å²) in [7, 11) is 0. The van der Waals surface area contributed by atoms with Crippen molar-refractivity contribution in [3.63, 3.8) is 0 Å². The van der Waals surface area contributed by atoms with Gasteiger partial charge in [0, 0.05) is 38.3 Å². The maximum absolute atomic E-state index is 9.94. The lowest BCUT2D eigenvalue weighted by Gasteiger charge is -2.40. The summed E-state index contributed by atoms with van der Waals surface area (Å²) in [5.41, 5.74) is 1.33. The summed E-state index contributed by atoms with van der Waals surface area (Å²) in [6.45, 7) is 9.67. The molecule has 5 nitrogen and oxygen atoms in total. The molecule has 2 N–H and O–H groups in total. The number of hydrogen-bond donors (Lipinski definition) is 2. The molecular formula is C22H35N3O2. The number of ether oxygens (including phenoxy) is 1. The van der Waals surface area contributed by atoms with E-state index in [4.69, 9.17) is 9.73 Å². The van der Waals surface area contributed by atoms with Gasteiger partial charge in [-0.05, 0) is 43.6 Å². The molecule has 2 fully saturated rings. The average molecular weight is 374 g/mol. The minimum absolute atomic E-state index is 0.118. The maximum atomic E-state index is 9.94. The molecule has 1 aromatic rings. The second-order valence-corrected chi connectivity index (χ2v) is 8.17. The Morgan fingerprint density at radius 3 is 2.67 bits per heavy atom. The van der Waals surface area contributed by atoms with Crippen LogP contribution in [0.5, 0.6) is 0 Å². The third-order valence-corrected chi connectivity index (χ3v) is 6.22. The SMILES string of the molecule is CCNC(=NCC1(CO)CCOCC1)N1CCC(c2ccccc2)C(C)C1. The van der Waals surface area contributed by atoms with Gasteiger partial charge in [0.1, 0.15) is 0 Å². The van der Waals surface area contributed by atoms with Crippen LogP contribution in [-0.4, -0.2) is 62.0 Å². The van der Waals surface area contributed by atoms with Crippen molar-refractivity contribution in [3.05, 3.63) is 35.9 Å². The van der Waals surface area contributed by atoms with E-state index in [2.05, 4.69) is 54.4 Å². The zero-order valence-electron chi connectivity index (χ0n) is 16.9. The molecule has 0 spiro atoms. The van der Waals surface area contributed by atoms with E-state index in [1.165, 1.54) is 5.56 Å². The van der Waals surface area contributed by atoms with Gasteiger partial charge >= 0.3 is 0 Å². The highest BCUT2D eigenvalue weighted by atomic mass is 16.5. The molecule has 2 heterocycles. The van der Waals surface area contributed by atoms with Crippen molar-refractivity contribution in [2.75, 3.05) is 46.0 Å². The number of aliphatic hydroxyl groups excluding tert-OH is 1. The molecule has 1 aromatic carbocycles. The van der Waals surface area contributed by atoms with Gasteiger partial charge in [-0.15, -0.1) is 0 Å². The van der Waals surface area contributed by atoms with Gasteiger partial charge < -0.3 is 20.1 Å². The van der Waals surface area contributed by atoms with Crippen LogP contribution in [0.3, 0.4) is 0 Å². The monoisotopic (exact) mass is 373 g/mol. The molecule has 2 unspecified atom stereocenters. The number of guanidine groups is 1. The predicted octanol–water partition coefficient (Wildman–Crippen LogP) is 2.87. The average Bonchev–Trinajstić information content (AvgIpc) is 2.72. The van der Waals surface area contributed by atoms with Gasteiger partial charge in [-0.2, -0.15) is 0 Å². The first-order valence-corrected chi connectivity index (χ1v) is 10.4. The molecule has 3 rings (SSSR count). The highest BCUT2D eigenvalue weighted by Gasteiger charge is 2.33. The number of nitrogens with zero attached hydrogens (tertiary/aromatic N) is 2. The van der Waals surface area contributed by atoms with Gasteiger partial charge in [-0.1, -0.05) is 37.3 Å². The Hall–Kier alpha value is -1.59. The summed E-state index contributed by atoms with van der Waals surface area (Å²) in [6.07, 6.45) is 2.92. The van der Waals surface area contributed by atoms with Crippen LogP contribution in [0.1, 0.15) is 44.6 Å². The molecule has 0 aliphatic carbocycles. The van der Waals surface area contributed by atoms with E-state index in [0.717, 1.165) is 58.1 Å². The molecule has 0 aromatic heterocycles. The lowest BCUT2D eigenvalue weighted by Crippen LogP contribution is -2.48. The summed E-state index contributed by atoms with van der Waals surface area (Å²) in [5, 5.41) is 13.4. The highest BCUT2D eigenvalue weighted by Crippen LogP contribution is 2.33. The Balaban J connectivity index is 1.66. The molecule has 2 atom stereocenters. The smallest absolute Gasteiger partial charge is 0.193 e. The van der Waals surface area contributed by atoms with Gasteiger partial charge in [-0.25, -0.2) is 0 Å². The number of rotatable bonds is 5. The first-order valence-electron chi connectivity index (χ1n) is 10.4. The molecular weight excluding hydrogens is 338 g/mol. The Labute approximate surface area is 163 Å². The van der Waals surface area contributed by atoms with E-state index < -0.39 is 0 Å². The molecule has 2 aliphatic heterocycles. The number of likely N-dealkylation sites (tertiary alicyclic amines) is 1. The van der Waals surface area contributed by atoms with Crippen LogP contribution in [-0.2, 0) is 4.74 Å². The van der Waals surface area contributed by atoms with Gasteiger partial charge in [-0.3, -0.25) is 4.99 Å². The quantitative estimate of drug-likeness (QED) is 0.616. The molecule has 0 saturated carbocycles. The minimum atomic E-state index is -0.118. The number of hydrogen-bond acceptors (Lipinski definition) is 3. The van der Waals surface area contributed by atoms with Crippen molar-refractivity contribution >= 4 is 5.96 Å². The Morgan fingerprint density at radius 1 is 1.30 bits per heavy atom. The van der Waals surface area contributed by atoms with Crippen LogP contribution in [0.25, 0.3) is 0 Å². The van der Waals surface area contributed by atoms with E-state index in [0.29, 0.717) is 18.4 Å². The third kappa shape index (κ3) is 5.02. The van der Waals surface area contributed by atoms with Gasteiger partial charge in [0.25, 0.3) is 0 Å². The van der Waals surface area contributed by atoms with E-state index >= 15 is 0 Å². The van der Waals surface area contributed by atoms with Crippen molar-refractivity contribution in [3.8, 4) is 0 Å². The molecule has 0 bridgehead atoms. The number of aliphatic hydroxyl groups is 1. The second kappa shape index (κ2) is 9.56. The van der Waals surface area contributed by atoms with Gasteiger partial charge in [0.15, 0.2) is 5.96 Å². The summed E-state index contributed by atoms with van der Waals surface area (Å²) >= 11 is 0. The number of aliphatic imine (C=N–C) groups is 1. The van der Waals surface area contributed by atoms with E-state index in [1.54, 1.807) is 0 Å². The summed E-state index contributed by atoms with van der Waals surface area (Å²) in [5.74, 6) is 2.19. The fourth-order valence-corrected chi connectivity index (χ4v) is 4.37. The van der Waals surface area contributed by atoms with Crippen molar-refractivity contribution < 1.29 is 9.84 Å². The predicted molar refractivity (Wildman–Crippen MR) is 110 cm³/mol. The number of nitrogens with one attached hydrogen (secondary N) is 1. The molecule has 0 radical (unpaired) electrons. The Kier molecular flexibility index (Phi) is 7.13. The fourth-order valence-electron chi connectivity index (χ4n) is 4.37. The van der Waals surface area contributed by atoms with Gasteiger partial charge in [0.05, 0.1) is 13.2 Å². The van der Waals surface area contributed by atoms with Gasteiger partial charge in [0.2, 0.25) is 0 Å². The van der Waals surface area contributed by atoms with Crippen molar-refractivity contribution in [1.29, 1.82) is 0 Å². The van der Waals surface area contributed by atoms with Crippen LogP contribution in [0.4, 0.5) is 0 Å². The number of piperidine rings is 1. The molecule has 2 aliphatic rings. The Bertz CT molecular complexity index is 599. The standard InChI is InChI=1S/C22H35N3O2/c1-3-23-21(24-16-22(17-26)10-13-27-14-11-22)25-12-9-20(18(2)15-25)19-7-5-4-6-8-19/h4-8,18,20,26H,3,9-17H2,1-2H3,(H,23,24). The van der Waals surface area contributed by atoms with Crippen molar-refractivity contribution in [2.24, 2.45) is 16.3 Å². The maximum Gasteiger partial charge on any atom is 0.193 e. The molecule has 5 heteroatoms. The van der Waals surface area contributed by atoms with E-state index in [-0.39, 0.29) is 12.0 Å². The second-order valence-electron chi connectivity index (χ2n) is 8.17. The largest absolute Gasteiger partial charge is 0.396 e. The van der Waals surface area contributed by atoms with Crippen LogP contribution in [0.15, 0.2) is 35.3 Å². The first-order chi connectivity index (χ1) is 13.2. The minimum Gasteiger partial charge on any atom is -0.396 e. The molecule has 150 valence electrons. The number of benzene rings is 1. The van der Waals surface area contributed by atoms with Crippen LogP contribution in [0.2, 0.25) is 0 Å².